The first-order valence-electron chi connectivity index (χ1n) is 7.01. The molecule has 3 rings (SSSR count). The number of hydrazone groups is 1. The van der Waals surface area contributed by atoms with Crippen molar-refractivity contribution < 1.29 is 9.53 Å². The van der Waals surface area contributed by atoms with Crippen LogP contribution in [0.3, 0.4) is 0 Å². The third-order valence-corrected chi connectivity index (χ3v) is 3.82. The second kappa shape index (κ2) is 7.38. The topological polar surface area (TPSA) is 50.7 Å². The minimum Gasteiger partial charge on any atom is -0.422 e. The van der Waals surface area contributed by atoms with Crippen molar-refractivity contribution in [3.63, 3.8) is 0 Å². The minimum absolute atomic E-state index is 0.350. The largest absolute Gasteiger partial charge is 0.422 e. The second-order valence-electron chi connectivity index (χ2n) is 4.68. The lowest BCUT2D eigenvalue weighted by molar-refractivity contribution is 0.0740. The number of para-hydroxylation sites is 1. The van der Waals surface area contributed by atoms with Gasteiger partial charge in [0.15, 0.2) is 0 Å². The molecule has 114 valence electrons. The van der Waals surface area contributed by atoms with Crippen LogP contribution in [0.4, 0.5) is 5.69 Å². The number of hydrogen-bond acceptors (Lipinski definition) is 5. The number of rotatable bonds is 5. The van der Waals surface area contributed by atoms with Gasteiger partial charge in [0.05, 0.1) is 11.9 Å². The number of benzene rings is 2. The first-order valence-corrected chi connectivity index (χ1v) is 7.89. The first-order chi connectivity index (χ1) is 11.3. The molecular formula is C18H14N2O2S. The zero-order chi connectivity index (χ0) is 15.9. The van der Waals surface area contributed by atoms with Crippen LogP contribution >= 0.6 is 11.3 Å². The van der Waals surface area contributed by atoms with Crippen LogP contribution in [0.1, 0.15) is 15.2 Å². The molecule has 3 aromatic rings. The van der Waals surface area contributed by atoms with Crippen molar-refractivity contribution in [3.05, 3.63) is 82.6 Å². The van der Waals surface area contributed by atoms with Crippen LogP contribution in [0.2, 0.25) is 0 Å². The highest BCUT2D eigenvalue weighted by molar-refractivity contribution is 7.12. The maximum atomic E-state index is 11.9. The summed E-state index contributed by atoms with van der Waals surface area (Å²) in [6.45, 7) is 0. The van der Waals surface area contributed by atoms with Crippen LogP contribution in [-0.4, -0.2) is 12.2 Å². The van der Waals surface area contributed by atoms with E-state index in [0.717, 1.165) is 11.3 Å². The monoisotopic (exact) mass is 322 g/mol. The molecule has 0 bridgehead atoms. The molecule has 1 aromatic heterocycles. The SMILES string of the molecule is O=C(Oc1cccc(C=NNc2ccccc2)c1)c1cccs1. The van der Waals surface area contributed by atoms with Crippen molar-refractivity contribution in [2.24, 2.45) is 5.10 Å². The number of nitrogens with one attached hydrogen (secondary N) is 1. The summed E-state index contributed by atoms with van der Waals surface area (Å²) in [5.74, 6) is 0.142. The Hall–Kier alpha value is -2.92. The van der Waals surface area contributed by atoms with Crippen molar-refractivity contribution in [2.45, 2.75) is 0 Å². The van der Waals surface area contributed by atoms with Crippen LogP contribution in [0, 0.1) is 0 Å². The molecule has 0 aliphatic rings. The van der Waals surface area contributed by atoms with Gasteiger partial charge in [-0.15, -0.1) is 11.3 Å². The van der Waals surface area contributed by atoms with Gasteiger partial charge in [-0.3, -0.25) is 5.43 Å². The smallest absolute Gasteiger partial charge is 0.353 e. The first kappa shape index (κ1) is 15.0. The van der Waals surface area contributed by atoms with E-state index in [4.69, 9.17) is 4.74 Å². The molecule has 0 aliphatic carbocycles. The van der Waals surface area contributed by atoms with Crippen molar-refractivity contribution in [3.8, 4) is 5.75 Å². The Kier molecular flexibility index (Phi) is 4.81. The van der Waals surface area contributed by atoms with Crippen LogP contribution in [0.25, 0.3) is 0 Å². The van der Waals surface area contributed by atoms with Crippen LogP contribution in [-0.2, 0) is 0 Å². The summed E-state index contributed by atoms with van der Waals surface area (Å²) in [5, 5.41) is 6.01. The summed E-state index contributed by atoms with van der Waals surface area (Å²) >= 11 is 1.36. The molecule has 0 radical (unpaired) electrons. The predicted molar refractivity (Wildman–Crippen MR) is 93.4 cm³/mol. The second-order valence-corrected chi connectivity index (χ2v) is 5.62. The molecule has 0 atom stereocenters. The van der Waals surface area contributed by atoms with E-state index in [-0.39, 0.29) is 5.97 Å². The molecule has 0 saturated heterocycles. The highest BCUT2D eigenvalue weighted by Gasteiger charge is 2.09. The molecule has 23 heavy (non-hydrogen) atoms. The molecule has 5 heteroatoms. The lowest BCUT2D eigenvalue weighted by atomic mass is 10.2. The Balaban J connectivity index is 1.64. The zero-order valence-electron chi connectivity index (χ0n) is 12.2. The molecular weight excluding hydrogens is 308 g/mol. The van der Waals surface area contributed by atoms with E-state index in [1.54, 1.807) is 24.4 Å². The van der Waals surface area contributed by atoms with Crippen molar-refractivity contribution >= 4 is 29.2 Å². The van der Waals surface area contributed by atoms with Crippen molar-refractivity contribution in [2.75, 3.05) is 5.43 Å². The van der Waals surface area contributed by atoms with Gasteiger partial charge in [0.1, 0.15) is 10.6 Å². The predicted octanol–water partition coefficient (Wildman–Crippen LogP) is 4.41. The third-order valence-electron chi connectivity index (χ3n) is 2.97. The molecule has 1 N–H and O–H groups in total. The van der Waals surface area contributed by atoms with E-state index in [1.807, 2.05) is 53.9 Å². The molecule has 4 nitrogen and oxygen atoms in total. The van der Waals surface area contributed by atoms with Gasteiger partial charge in [-0.1, -0.05) is 36.4 Å². The molecule has 2 aromatic carbocycles. The van der Waals surface area contributed by atoms with Crippen LogP contribution < -0.4 is 10.2 Å². The lowest BCUT2D eigenvalue weighted by Crippen LogP contribution is -2.06. The highest BCUT2D eigenvalue weighted by atomic mass is 32.1. The van der Waals surface area contributed by atoms with Gasteiger partial charge < -0.3 is 4.74 Å². The van der Waals surface area contributed by atoms with E-state index >= 15 is 0 Å². The Labute approximate surface area is 138 Å². The number of hydrogen-bond donors (Lipinski definition) is 1. The fourth-order valence-corrected chi connectivity index (χ4v) is 2.50. The highest BCUT2D eigenvalue weighted by Crippen LogP contribution is 2.16. The summed E-state index contributed by atoms with van der Waals surface area (Å²) in [6.07, 6.45) is 1.68. The Morgan fingerprint density at radius 2 is 1.91 bits per heavy atom. The number of carbonyl (C=O) groups is 1. The Morgan fingerprint density at radius 3 is 2.70 bits per heavy atom. The molecule has 1 heterocycles. The molecule has 0 unspecified atom stereocenters. The average Bonchev–Trinajstić information content (AvgIpc) is 3.11. The number of carbonyl (C=O) groups excluding carboxylic acids is 1. The number of esters is 1. The molecule has 0 aliphatic heterocycles. The fraction of sp³-hybridized carbons (Fsp3) is 0. The van der Waals surface area contributed by atoms with Gasteiger partial charge in [-0.2, -0.15) is 5.10 Å². The molecule has 0 saturated carbocycles. The lowest BCUT2D eigenvalue weighted by Gasteiger charge is -2.03. The molecule has 0 fully saturated rings. The summed E-state index contributed by atoms with van der Waals surface area (Å²) in [6, 6.07) is 20.4. The normalized spacial score (nSPS) is 10.6. The summed E-state index contributed by atoms with van der Waals surface area (Å²) in [7, 11) is 0. The van der Waals surface area contributed by atoms with Gasteiger partial charge in [0.25, 0.3) is 0 Å². The maximum Gasteiger partial charge on any atom is 0.353 e. The van der Waals surface area contributed by atoms with Gasteiger partial charge >= 0.3 is 5.97 Å². The maximum absolute atomic E-state index is 11.9. The quantitative estimate of drug-likeness (QED) is 0.327. The van der Waals surface area contributed by atoms with E-state index in [9.17, 15) is 4.79 Å². The summed E-state index contributed by atoms with van der Waals surface area (Å²) < 4.78 is 5.35. The minimum atomic E-state index is -0.350. The van der Waals surface area contributed by atoms with Gasteiger partial charge in [0.2, 0.25) is 0 Å². The number of nitrogens with zero attached hydrogens (tertiary/aromatic N) is 1. The number of ether oxygens (including phenoxy) is 1. The van der Waals surface area contributed by atoms with Crippen molar-refractivity contribution in [1.29, 1.82) is 0 Å². The summed E-state index contributed by atoms with van der Waals surface area (Å²) in [5.41, 5.74) is 4.68. The number of thiophene rings is 1. The van der Waals surface area contributed by atoms with E-state index in [1.165, 1.54) is 11.3 Å². The van der Waals surface area contributed by atoms with Crippen LogP contribution in [0.15, 0.2) is 77.2 Å². The number of anilines is 1. The van der Waals surface area contributed by atoms with Gasteiger partial charge in [-0.05, 0) is 41.3 Å². The third kappa shape index (κ3) is 4.28. The van der Waals surface area contributed by atoms with Crippen molar-refractivity contribution in [1.82, 2.24) is 0 Å². The van der Waals surface area contributed by atoms with Crippen LogP contribution in [0.5, 0.6) is 5.75 Å². The fourth-order valence-electron chi connectivity index (χ4n) is 1.90. The summed E-state index contributed by atoms with van der Waals surface area (Å²) in [4.78, 5) is 12.5. The molecule has 0 amide bonds. The van der Waals surface area contributed by atoms with E-state index in [0.29, 0.717) is 10.6 Å². The molecule has 0 spiro atoms. The van der Waals surface area contributed by atoms with Gasteiger partial charge in [-0.25, -0.2) is 4.79 Å². The average molecular weight is 322 g/mol. The van der Waals surface area contributed by atoms with E-state index < -0.39 is 0 Å². The van der Waals surface area contributed by atoms with E-state index in [2.05, 4.69) is 10.5 Å². The Bertz CT molecular complexity index is 799. The Morgan fingerprint density at radius 1 is 1.04 bits per heavy atom. The zero-order valence-corrected chi connectivity index (χ0v) is 13.0. The van der Waals surface area contributed by atoms with Gasteiger partial charge in [0, 0.05) is 0 Å². The standard InChI is InChI=1S/C18H14N2O2S/c21-18(17-10-5-11-23-17)22-16-9-4-6-14(12-16)13-19-20-15-7-2-1-3-8-15/h1-13,20H.